The molecule has 1 spiro atoms. The maximum atomic E-state index is 13.3. The van der Waals surface area contributed by atoms with E-state index >= 15 is 0 Å². The van der Waals surface area contributed by atoms with Crippen LogP contribution in [0.5, 0.6) is 0 Å². The maximum Gasteiger partial charge on any atom is 0.309 e. The first-order valence-electron chi connectivity index (χ1n) is 15.7. The molecule has 0 bridgehead atoms. The van der Waals surface area contributed by atoms with Crippen molar-refractivity contribution in [2.75, 3.05) is 26.2 Å². The predicted octanol–water partition coefficient (Wildman–Crippen LogP) is 8.05. The lowest BCUT2D eigenvalue weighted by atomic mass is 9.77. The van der Waals surface area contributed by atoms with E-state index in [9.17, 15) is 4.79 Å². The summed E-state index contributed by atoms with van der Waals surface area (Å²) in [5, 5.41) is 9.03. The first-order valence-corrected chi connectivity index (χ1v) is 15.7. The Balaban J connectivity index is 1.74. The number of rotatable bonds is 20. The van der Waals surface area contributed by atoms with Gasteiger partial charge in [-0.25, -0.2) is 0 Å². The third-order valence-electron chi connectivity index (χ3n) is 8.88. The number of aliphatic hydroxyl groups is 1. The third-order valence-corrected chi connectivity index (χ3v) is 8.88. The predicted molar refractivity (Wildman–Crippen MR) is 148 cm³/mol. The van der Waals surface area contributed by atoms with E-state index in [-0.39, 0.29) is 18.0 Å². The van der Waals surface area contributed by atoms with Crippen molar-refractivity contribution in [1.29, 1.82) is 0 Å². The van der Waals surface area contributed by atoms with Crippen LogP contribution in [0.25, 0.3) is 0 Å². The van der Waals surface area contributed by atoms with E-state index in [1.165, 1.54) is 109 Å². The van der Waals surface area contributed by atoms with E-state index in [0.717, 1.165) is 45.1 Å². The Hall–Kier alpha value is -0.610. The molecule has 2 aliphatic rings. The fourth-order valence-corrected chi connectivity index (χ4v) is 6.39. The molecule has 1 atom stereocenters. The monoisotopic (exact) mass is 493 g/mol. The quantitative estimate of drug-likeness (QED) is 0.138. The molecule has 4 nitrogen and oxygen atoms in total. The molecule has 2 fully saturated rings. The highest BCUT2D eigenvalue weighted by molar-refractivity contribution is 5.72. The fourth-order valence-electron chi connectivity index (χ4n) is 6.39. The minimum Gasteiger partial charge on any atom is -0.462 e. The van der Waals surface area contributed by atoms with Gasteiger partial charge in [-0.15, -0.1) is 0 Å². The Morgan fingerprint density at radius 3 is 1.97 bits per heavy atom. The second-order valence-electron chi connectivity index (χ2n) is 11.9. The van der Waals surface area contributed by atoms with Crippen molar-refractivity contribution >= 4 is 5.97 Å². The van der Waals surface area contributed by atoms with Gasteiger partial charge in [0.25, 0.3) is 0 Å². The van der Waals surface area contributed by atoms with Gasteiger partial charge in [-0.05, 0) is 82.8 Å². The molecule has 206 valence electrons. The molecule has 0 aromatic carbocycles. The van der Waals surface area contributed by atoms with Gasteiger partial charge in [0.05, 0.1) is 5.92 Å². The first-order chi connectivity index (χ1) is 17.1. The minimum absolute atomic E-state index is 0.121. The molecule has 0 amide bonds. The highest BCUT2D eigenvalue weighted by Gasteiger charge is 2.43. The zero-order valence-corrected chi connectivity index (χ0v) is 23.5. The molecule has 2 rings (SSSR count). The molecule has 1 heterocycles. The van der Waals surface area contributed by atoms with Crippen LogP contribution >= 0.6 is 0 Å². The van der Waals surface area contributed by atoms with Gasteiger partial charge < -0.3 is 14.7 Å². The molecule has 1 N–H and O–H groups in total. The van der Waals surface area contributed by atoms with Gasteiger partial charge in [-0.2, -0.15) is 0 Å². The zero-order valence-electron chi connectivity index (χ0n) is 23.5. The van der Waals surface area contributed by atoms with Crippen LogP contribution in [0.3, 0.4) is 0 Å². The van der Waals surface area contributed by atoms with Gasteiger partial charge in [0, 0.05) is 6.61 Å². The molecule has 0 radical (unpaired) electrons. The largest absolute Gasteiger partial charge is 0.462 e. The van der Waals surface area contributed by atoms with Gasteiger partial charge >= 0.3 is 5.97 Å². The van der Waals surface area contributed by atoms with Crippen molar-refractivity contribution in [3.63, 3.8) is 0 Å². The van der Waals surface area contributed by atoms with E-state index in [0.29, 0.717) is 12.0 Å². The lowest BCUT2D eigenvalue weighted by molar-refractivity contribution is -0.154. The zero-order chi connectivity index (χ0) is 25.2. The smallest absolute Gasteiger partial charge is 0.309 e. The van der Waals surface area contributed by atoms with E-state index in [1.807, 2.05) is 0 Å². The van der Waals surface area contributed by atoms with Gasteiger partial charge in [0.15, 0.2) is 0 Å². The van der Waals surface area contributed by atoms with Gasteiger partial charge in [-0.1, -0.05) is 90.9 Å². The van der Waals surface area contributed by atoms with Gasteiger partial charge in [0.1, 0.15) is 6.10 Å². The van der Waals surface area contributed by atoms with Crippen molar-refractivity contribution < 1.29 is 14.6 Å². The molecule has 4 heteroatoms. The van der Waals surface area contributed by atoms with E-state index in [4.69, 9.17) is 9.84 Å². The van der Waals surface area contributed by atoms with Crippen molar-refractivity contribution in [2.45, 2.75) is 155 Å². The number of hydrogen-bond donors (Lipinski definition) is 1. The van der Waals surface area contributed by atoms with Crippen LogP contribution in [0.2, 0.25) is 0 Å². The Labute approximate surface area is 218 Å². The van der Waals surface area contributed by atoms with Crippen molar-refractivity contribution in [1.82, 2.24) is 4.90 Å². The molecule has 1 saturated heterocycles. The summed E-state index contributed by atoms with van der Waals surface area (Å²) in [4.78, 5) is 15.8. The molecule has 0 aromatic rings. The Kier molecular flexibility index (Phi) is 16.3. The second-order valence-corrected chi connectivity index (χ2v) is 11.9. The summed E-state index contributed by atoms with van der Waals surface area (Å²) in [6.45, 7) is 8.30. The number of unbranched alkanes of at least 4 members (excludes halogenated alkanes) is 11. The number of nitrogens with zero attached hydrogens (tertiary/aromatic N) is 1. The third kappa shape index (κ3) is 12.5. The molecule has 1 unspecified atom stereocenters. The van der Waals surface area contributed by atoms with Crippen LogP contribution in [0.1, 0.15) is 149 Å². The van der Waals surface area contributed by atoms with Crippen LogP contribution in [0, 0.1) is 11.3 Å². The number of esters is 1. The maximum absolute atomic E-state index is 13.3. The summed E-state index contributed by atoms with van der Waals surface area (Å²) in [5.74, 6) is 0.243. The summed E-state index contributed by atoms with van der Waals surface area (Å²) >= 11 is 0. The number of likely N-dealkylation sites (tertiary alicyclic amines) is 1. The number of aliphatic hydroxyl groups excluding tert-OH is 1. The van der Waals surface area contributed by atoms with Crippen molar-refractivity contribution in [2.24, 2.45) is 11.3 Å². The number of piperidine rings is 1. The summed E-state index contributed by atoms with van der Waals surface area (Å²) in [5.41, 5.74) is 0.409. The molecule has 35 heavy (non-hydrogen) atoms. The number of ether oxygens (including phenoxy) is 1. The average Bonchev–Trinajstić information content (AvgIpc) is 3.25. The van der Waals surface area contributed by atoms with Crippen LogP contribution in [-0.4, -0.2) is 48.3 Å². The van der Waals surface area contributed by atoms with Crippen LogP contribution < -0.4 is 0 Å². The molecule has 0 aromatic heterocycles. The van der Waals surface area contributed by atoms with Crippen LogP contribution in [0.4, 0.5) is 0 Å². The van der Waals surface area contributed by atoms with Crippen molar-refractivity contribution in [3.05, 3.63) is 0 Å². The van der Waals surface area contributed by atoms with Crippen LogP contribution in [0.15, 0.2) is 0 Å². The number of carbonyl (C=O) groups is 1. The minimum atomic E-state index is 0.121. The van der Waals surface area contributed by atoms with E-state index in [2.05, 4.69) is 18.7 Å². The summed E-state index contributed by atoms with van der Waals surface area (Å²) < 4.78 is 6.22. The number of carbonyl (C=O) groups excluding carboxylic acids is 1. The Morgan fingerprint density at radius 2 is 1.40 bits per heavy atom. The second kappa shape index (κ2) is 18.6. The lowest BCUT2D eigenvalue weighted by Crippen LogP contribution is -2.39. The summed E-state index contributed by atoms with van der Waals surface area (Å²) in [6.07, 6.45) is 25.6. The van der Waals surface area contributed by atoms with Gasteiger partial charge in [-0.3, -0.25) is 4.79 Å². The van der Waals surface area contributed by atoms with Crippen molar-refractivity contribution in [3.8, 4) is 0 Å². The molecule has 1 aliphatic heterocycles. The number of hydrogen-bond acceptors (Lipinski definition) is 4. The molecule has 1 aliphatic carbocycles. The molecular formula is C31H59NO3. The van der Waals surface area contributed by atoms with Gasteiger partial charge in [0.2, 0.25) is 0 Å². The first kappa shape index (κ1) is 30.6. The standard InChI is InChI=1S/C31H59NO3/c1-3-5-7-9-11-13-17-28(18-14-12-10-8-6-4-2)30(34)35-29-19-20-31(27-29)21-24-32(25-22-31)23-15-16-26-33/h28-29,33H,3-27H2,1-2H3. The van der Waals surface area contributed by atoms with E-state index < -0.39 is 0 Å². The highest BCUT2D eigenvalue weighted by Crippen LogP contribution is 2.47. The SMILES string of the molecule is CCCCCCCCC(CCCCCCCC)C(=O)OC1CCC2(CCN(CCCCO)CC2)C1. The summed E-state index contributed by atoms with van der Waals surface area (Å²) in [6, 6.07) is 0. The Bertz CT molecular complexity index is 513. The lowest BCUT2D eigenvalue weighted by Gasteiger charge is -2.39. The average molecular weight is 494 g/mol. The normalized spacial score (nSPS) is 20.2. The Morgan fingerprint density at radius 1 is 0.829 bits per heavy atom. The van der Waals surface area contributed by atoms with Crippen LogP contribution in [-0.2, 0) is 9.53 Å². The molecular weight excluding hydrogens is 434 g/mol. The highest BCUT2D eigenvalue weighted by atomic mass is 16.5. The van der Waals surface area contributed by atoms with E-state index in [1.54, 1.807) is 0 Å². The molecule has 1 saturated carbocycles. The summed E-state index contributed by atoms with van der Waals surface area (Å²) in [7, 11) is 0. The fraction of sp³-hybridized carbons (Fsp3) is 0.968. The topological polar surface area (TPSA) is 49.8 Å².